The number of hydrogen-bond donors (Lipinski definition) is 0. The lowest BCUT2D eigenvalue weighted by atomic mass is 10.0. The minimum absolute atomic E-state index is 0.288. The first-order valence-corrected chi connectivity index (χ1v) is 5.38. The summed E-state index contributed by atoms with van der Waals surface area (Å²) in [4.78, 5) is 15.9. The van der Waals surface area contributed by atoms with Crippen LogP contribution in [0.3, 0.4) is 0 Å². The Morgan fingerprint density at radius 3 is 2.46 bits per heavy atom. The molecule has 0 bridgehead atoms. The average Bonchev–Trinajstić information content (AvgIpc) is 2.54. The van der Waals surface area contributed by atoms with Crippen molar-refractivity contribution >= 4 is 6.03 Å². The summed E-state index contributed by atoms with van der Waals surface area (Å²) in [5.74, 6) is 0. The molecule has 0 aliphatic carbocycles. The topological polar surface area (TPSA) is 23.6 Å². The summed E-state index contributed by atoms with van der Waals surface area (Å²) in [6, 6.07) is 0.823. The second-order valence-electron chi connectivity index (χ2n) is 4.02. The highest BCUT2D eigenvalue weighted by Gasteiger charge is 2.34. The van der Waals surface area contributed by atoms with Crippen molar-refractivity contribution < 1.29 is 4.79 Å². The molecule has 3 heteroatoms. The summed E-state index contributed by atoms with van der Waals surface area (Å²) in [7, 11) is 0. The van der Waals surface area contributed by atoms with Gasteiger partial charge in [0.15, 0.2) is 0 Å². The second-order valence-corrected chi connectivity index (χ2v) is 4.02. The summed E-state index contributed by atoms with van der Waals surface area (Å²) in [5.41, 5.74) is 0. The van der Waals surface area contributed by atoms with Crippen LogP contribution in [0.1, 0.15) is 32.6 Å². The third kappa shape index (κ3) is 1.52. The van der Waals surface area contributed by atoms with Gasteiger partial charge in [0, 0.05) is 25.7 Å². The van der Waals surface area contributed by atoms with Crippen molar-refractivity contribution in [2.45, 2.75) is 38.6 Å². The van der Waals surface area contributed by atoms with Crippen LogP contribution in [0.4, 0.5) is 4.79 Å². The monoisotopic (exact) mass is 182 g/mol. The maximum Gasteiger partial charge on any atom is 0.320 e. The smallest absolute Gasteiger partial charge is 0.320 e. The van der Waals surface area contributed by atoms with E-state index in [4.69, 9.17) is 0 Å². The average molecular weight is 182 g/mol. The van der Waals surface area contributed by atoms with Gasteiger partial charge in [0.05, 0.1) is 0 Å². The van der Waals surface area contributed by atoms with Crippen LogP contribution in [-0.2, 0) is 0 Å². The molecule has 2 heterocycles. The van der Waals surface area contributed by atoms with E-state index >= 15 is 0 Å². The van der Waals surface area contributed by atoms with E-state index in [0.717, 1.165) is 26.1 Å². The van der Waals surface area contributed by atoms with Crippen molar-refractivity contribution in [3.8, 4) is 0 Å². The lowest BCUT2D eigenvalue weighted by Crippen LogP contribution is -2.55. The first-order chi connectivity index (χ1) is 6.33. The van der Waals surface area contributed by atoms with Crippen LogP contribution in [0.15, 0.2) is 0 Å². The molecule has 1 unspecified atom stereocenters. The van der Waals surface area contributed by atoms with Crippen LogP contribution in [0.25, 0.3) is 0 Å². The number of urea groups is 1. The molecule has 74 valence electrons. The number of likely N-dealkylation sites (tertiary alicyclic amines) is 2. The summed E-state index contributed by atoms with van der Waals surface area (Å²) in [6.07, 6.45) is 4.70. The predicted octanol–water partition coefficient (Wildman–Crippen LogP) is 1.69. The van der Waals surface area contributed by atoms with Crippen LogP contribution in [-0.4, -0.2) is 41.5 Å². The Labute approximate surface area is 79.7 Å². The zero-order chi connectivity index (χ0) is 9.26. The third-order valence-corrected chi connectivity index (χ3v) is 3.24. The molecule has 0 radical (unpaired) electrons. The van der Waals surface area contributed by atoms with E-state index in [2.05, 4.69) is 6.92 Å². The van der Waals surface area contributed by atoms with E-state index in [1.807, 2.05) is 9.80 Å². The van der Waals surface area contributed by atoms with Crippen molar-refractivity contribution in [2.75, 3.05) is 19.6 Å². The van der Waals surface area contributed by atoms with Gasteiger partial charge in [-0.1, -0.05) is 6.92 Å². The Hall–Kier alpha value is -0.730. The zero-order valence-electron chi connectivity index (χ0n) is 8.33. The number of carbonyl (C=O) groups is 1. The molecule has 13 heavy (non-hydrogen) atoms. The molecule has 0 N–H and O–H groups in total. The summed E-state index contributed by atoms with van der Waals surface area (Å²) in [5, 5.41) is 0. The molecule has 2 aliphatic rings. The Bertz CT molecular complexity index is 197. The molecule has 2 fully saturated rings. The van der Waals surface area contributed by atoms with Crippen LogP contribution >= 0.6 is 0 Å². The van der Waals surface area contributed by atoms with E-state index in [0.29, 0.717) is 6.04 Å². The van der Waals surface area contributed by atoms with Crippen molar-refractivity contribution in [1.82, 2.24) is 9.80 Å². The van der Waals surface area contributed by atoms with Gasteiger partial charge in [-0.3, -0.25) is 0 Å². The highest BCUT2D eigenvalue weighted by molar-refractivity contribution is 5.75. The predicted molar refractivity (Wildman–Crippen MR) is 51.6 cm³/mol. The van der Waals surface area contributed by atoms with Gasteiger partial charge in [0.25, 0.3) is 0 Å². The molecule has 0 aromatic carbocycles. The van der Waals surface area contributed by atoms with Gasteiger partial charge in [-0.15, -0.1) is 0 Å². The Balaban J connectivity index is 1.89. The molecule has 2 saturated heterocycles. The third-order valence-electron chi connectivity index (χ3n) is 3.24. The SMILES string of the molecule is CCC1CCN1C(=O)N1CCCC1. The van der Waals surface area contributed by atoms with E-state index in [9.17, 15) is 4.79 Å². The van der Waals surface area contributed by atoms with Crippen molar-refractivity contribution in [1.29, 1.82) is 0 Å². The van der Waals surface area contributed by atoms with Gasteiger partial charge in [0.1, 0.15) is 0 Å². The fourth-order valence-corrected chi connectivity index (χ4v) is 2.21. The van der Waals surface area contributed by atoms with E-state index in [-0.39, 0.29) is 6.03 Å². The second kappa shape index (κ2) is 3.56. The van der Waals surface area contributed by atoms with Gasteiger partial charge >= 0.3 is 6.03 Å². The lowest BCUT2D eigenvalue weighted by molar-refractivity contribution is 0.0880. The molecule has 0 saturated carbocycles. The maximum absolute atomic E-state index is 11.8. The summed E-state index contributed by atoms with van der Waals surface area (Å²) < 4.78 is 0. The molecule has 1 atom stereocenters. The van der Waals surface area contributed by atoms with Crippen molar-refractivity contribution in [3.05, 3.63) is 0 Å². The molecule has 3 nitrogen and oxygen atoms in total. The summed E-state index contributed by atoms with van der Waals surface area (Å²) >= 11 is 0. The highest BCUT2D eigenvalue weighted by atomic mass is 16.2. The molecular formula is C10H18N2O. The van der Waals surface area contributed by atoms with Gasteiger partial charge in [0.2, 0.25) is 0 Å². The van der Waals surface area contributed by atoms with Gasteiger partial charge in [-0.25, -0.2) is 4.79 Å². The minimum atomic E-state index is 0.288. The minimum Gasteiger partial charge on any atom is -0.325 e. The van der Waals surface area contributed by atoms with E-state index in [1.165, 1.54) is 19.3 Å². The number of nitrogens with zero attached hydrogens (tertiary/aromatic N) is 2. The van der Waals surface area contributed by atoms with Crippen LogP contribution in [0.5, 0.6) is 0 Å². The Morgan fingerprint density at radius 2 is 2.00 bits per heavy atom. The molecule has 0 aromatic rings. The first-order valence-electron chi connectivity index (χ1n) is 5.38. The fourth-order valence-electron chi connectivity index (χ4n) is 2.21. The molecule has 0 aromatic heterocycles. The highest BCUT2D eigenvalue weighted by Crippen LogP contribution is 2.23. The standard InChI is InChI=1S/C10H18N2O/c1-2-9-5-8-12(9)10(13)11-6-3-4-7-11/h9H,2-8H2,1H3. The number of carbonyl (C=O) groups excluding carboxylic acids is 1. The fraction of sp³-hybridized carbons (Fsp3) is 0.900. The molecule has 0 spiro atoms. The van der Waals surface area contributed by atoms with Crippen LogP contribution in [0.2, 0.25) is 0 Å². The molecule has 2 aliphatic heterocycles. The zero-order valence-corrected chi connectivity index (χ0v) is 8.33. The van der Waals surface area contributed by atoms with Gasteiger partial charge in [-0.2, -0.15) is 0 Å². The number of amides is 2. The van der Waals surface area contributed by atoms with Crippen LogP contribution < -0.4 is 0 Å². The largest absolute Gasteiger partial charge is 0.325 e. The van der Waals surface area contributed by atoms with E-state index in [1.54, 1.807) is 0 Å². The van der Waals surface area contributed by atoms with E-state index < -0.39 is 0 Å². The molecule has 2 amide bonds. The summed E-state index contributed by atoms with van der Waals surface area (Å²) in [6.45, 7) is 5.10. The van der Waals surface area contributed by atoms with Crippen molar-refractivity contribution in [2.24, 2.45) is 0 Å². The number of rotatable bonds is 1. The lowest BCUT2D eigenvalue weighted by Gasteiger charge is -2.42. The molecular weight excluding hydrogens is 164 g/mol. The quantitative estimate of drug-likeness (QED) is 0.605. The van der Waals surface area contributed by atoms with Gasteiger partial charge < -0.3 is 9.80 Å². The van der Waals surface area contributed by atoms with Crippen molar-refractivity contribution in [3.63, 3.8) is 0 Å². The Kier molecular flexibility index (Phi) is 2.42. The molecule has 2 rings (SSSR count). The number of hydrogen-bond acceptors (Lipinski definition) is 1. The Morgan fingerprint density at radius 1 is 1.31 bits per heavy atom. The van der Waals surface area contributed by atoms with Gasteiger partial charge in [-0.05, 0) is 25.7 Å². The first kappa shape index (κ1) is 8.85. The maximum atomic E-state index is 11.8. The normalized spacial score (nSPS) is 27.6. The van der Waals surface area contributed by atoms with Crippen LogP contribution in [0, 0.1) is 0 Å².